The number of aliphatic imine (C=N–C) groups is 2. The van der Waals surface area contributed by atoms with E-state index in [-0.39, 0.29) is 0 Å². The Balaban J connectivity index is 2.39. The van der Waals surface area contributed by atoms with E-state index in [4.69, 9.17) is 0 Å². The molecule has 0 radical (unpaired) electrons. The predicted octanol–water partition coefficient (Wildman–Crippen LogP) is -0.0243. The van der Waals surface area contributed by atoms with Crippen molar-refractivity contribution >= 4 is 25.3 Å². The van der Waals surface area contributed by atoms with Crippen molar-refractivity contribution in [2.24, 2.45) is 9.98 Å². The van der Waals surface area contributed by atoms with Crippen LogP contribution in [0.25, 0.3) is 0 Å². The van der Waals surface area contributed by atoms with Crippen molar-refractivity contribution < 1.29 is 0 Å². The van der Waals surface area contributed by atoms with E-state index in [9.17, 15) is 0 Å². The van der Waals surface area contributed by atoms with E-state index >= 15 is 0 Å². The van der Waals surface area contributed by atoms with Gasteiger partial charge in [0.15, 0.2) is 5.82 Å². The monoisotopic (exact) mass is 154 g/mol. The lowest BCUT2D eigenvalue weighted by molar-refractivity contribution is 0.438. The molecule has 52 valence electrons. The van der Waals surface area contributed by atoms with Crippen molar-refractivity contribution in [2.45, 2.75) is 0 Å². The lowest BCUT2D eigenvalue weighted by atomic mass is 10.6. The lowest BCUT2D eigenvalue weighted by Crippen LogP contribution is -2.31. The van der Waals surface area contributed by atoms with Crippen molar-refractivity contribution in [3.63, 3.8) is 0 Å². The van der Waals surface area contributed by atoms with Crippen molar-refractivity contribution in [3.05, 3.63) is 10.7 Å². The summed E-state index contributed by atoms with van der Waals surface area (Å²) in [6.45, 7) is 0.738. The minimum absolute atomic E-state index is 0.738. The van der Waals surface area contributed by atoms with Crippen LogP contribution in [0.15, 0.2) is 20.7 Å². The van der Waals surface area contributed by atoms with Crippen LogP contribution in [0.1, 0.15) is 0 Å². The van der Waals surface area contributed by atoms with Crippen LogP contribution < -0.4 is 5.43 Å². The van der Waals surface area contributed by atoms with E-state index in [1.807, 2.05) is 0 Å². The molecule has 0 saturated carbocycles. The fraction of sp³-hybridized carbons (Fsp3) is 0.200. The molecule has 2 heterocycles. The molecule has 10 heavy (non-hydrogen) atoms. The Kier molecular flexibility index (Phi) is 1.25. The van der Waals surface area contributed by atoms with Crippen LogP contribution in [-0.4, -0.2) is 24.2 Å². The van der Waals surface area contributed by atoms with Gasteiger partial charge in [-0.1, -0.05) is 0 Å². The van der Waals surface area contributed by atoms with Crippen LogP contribution in [0.4, 0.5) is 0 Å². The zero-order valence-electron chi connectivity index (χ0n) is 5.15. The molecule has 0 aromatic carbocycles. The zero-order chi connectivity index (χ0) is 6.97. The minimum Gasteiger partial charge on any atom is -0.247 e. The standard InChI is InChI=1S/C5H6N4S/c10-4-1-8-9-3-6-2-7-5(4)9/h2-3,8,10H,1H2. The summed E-state index contributed by atoms with van der Waals surface area (Å²) >= 11 is 4.21. The average molecular weight is 154 g/mol. The van der Waals surface area contributed by atoms with Gasteiger partial charge in [-0.05, 0) is 0 Å². The number of nitrogens with zero attached hydrogens (tertiary/aromatic N) is 3. The van der Waals surface area contributed by atoms with E-state index in [0.717, 1.165) is 17.3 Å². The molecule has 0 aliphatic carbocycles. The third-order valence-electron chi connectivity index (χ3n) is 1.33. The van der Waals surface area contributed by atoms with Gasteiger partial charge in [0.2, 0.25) is 0 Å². The summed E-state index contributed by atoms with van der Waals surface area (Å²) in [7, 11) is 0. The lowest BCUT2D eigenvalue weighted by Gasteiger charge is -2.14. The molecule has 0 saturated heterocycles. The topological polar surface area (TPSA) is 40.0 Å². The van der Waals surface area contributed by atoms with Gasteiger partial charge in [0.25, 0.3) is 0 Å². The van der Waals surface area contributed by atoms with E-state index < -0.39 is 0 Å². The van der Waals surface area contributed by atoms with Crippen LogP contribution in [0.3, 0.4) is 0 Å². The molecule has 0 unspecified atom stereocenters. The van der Waals surface area contributed by atoms with Gasteiger partial charge in [-0.15, -0.1) is 12.6 Å². The Morgan fingerprint density at radius 3 is 3.40 bits per heavy atom. The van der Waals surface area contributed by atoms with Crippen LogP contribution in [0.5, 0.6) is 0 Å². The molecule has 0 atom stereocenters. The van der Waals surface area contributed by atoms with Crippen molar-refractivity contribution in [3.8, 4) is 0 Å². The van der Waals surface area contributed by atoms with Gasteiger partial charge in [-0.3, -0.25) is 0 Å². The molecule has 0 aromatic rings. The highest BCUT2D eigenvalue weighted by atomic mass is 32.1. The fourth-order valence-electron chi connectivity index (χ4n) is 0.870. The third kappa shape index (κ3) is 0.748. The fourth-order valence-corrected chi connectivity index (χ4v) is 1.11. The molecule has 0 aromatic heterocycles. The summed E-state index contributed by atoms with van der Waals surface area (Å²) in [6, 6.07) is 0. The van der Waals surface area contributed by atoms with E-state index in [1.165, 1.54) is 6.34 Å². The first-order valence-electron chi connectivity index (χ1n) is 2.88. The van der Waals surface area contributed by atoms with Gasteiger partial charge in [0, 0.05) is 4.91 Å². The third-order valence-corrected chi connectivity index (χ3v) is 1.69. The van der Waals surface area contributed by atoms with E-state index in [1.54, 1.807) is 11.3 Å². The Bertz CT molecular complexity index is 242. The maximum atomic E-state index is 4.21. The summed E-state index contributed by atoms with van der Waals surface area (Å²) < 4.78 is 0. The van der Waals surface area contributed by atoms with E-state index in [2.05, 4.69) is 28.0 Å². The molecule has 0 spiro atoms. The first-order valence-corrected chi connectivity index (χ1v) is 3.33. The van der Waals surface area contributed by atoms with Crippen LogP contribution in [0, 0.1) is 0 Å². The van der Waals surface area contributed by atoms with Gasteiger partial charge in [0.05, 0.1) is 6.54 Å². The van der Waals surface area contributed by atoms with Crippen molar-refractivity contribution in [2.75, 3.05) is 6.54 Å². The van der Waals surface area contributed by atoms with Gasteiger partial charge in [-0.25, -0.2) is 20.4 Å². The molecule has 0 amide bonds. The number of hydrazine groups is 1. The largest absolute Gasteiger partial charge is 0.247 e. The summed E-state index contributed by atoms with van der Waals surface area (Å²) in [5.74, 6) is 0.846. The average Bonchev–Trinajstić information content (AvgIpc) is 2.34. The molecule has 0 bridgehead atoms. The molecule has 4 nitrogen and oxygen atoms in total. The summed E-state index contributed by atoms with van der Waals surface area (Å²) in [4.78, 5) is 8.80. The Labute approximate surface area is 63.7 Å². The smallest absolute Gasteiger partial charge is 0.160 e. The van der Waals surface area contributed by atoms with Gasteiger partial charge >= 0.3 is 0 Å². The molecular formula is C5H6N4S. The molecule has 1 N–H and O–H groups in total. The number of fused-ring (bicyclic) bond motifs is 1. The number of rotatable bonds is 0. The summed E-state index contributed by atoms with van der Waals surface area (Å²) in [5.41, 5.74) is 3.03. The molecule has 2 aliphatic heterocycles. The second kappa shape index (κ2) is 2.10. The second-order valence-corrected chi connectivity index (χ2v) is 2.52. The molecule has 2 rings (SSSR count). The number of thiol groups is 1. The van der Waals surface area contributed by atoms with Crippen LogP contribution in [-0.2, 0) is 0 Å². The van der Waals surface area contributed by atoms with Gasteiger partial charge < -0.3 is 0 Å². The minimum atomic E-state index is 0.738. The molecule has 0 fully saturated rings. The highest BCUT2D eigenvalue weighted by Gasteiger charge is 2.18. The normalized spacial score (nSPS) is 22.3. The first-order chi connectivity index (χ1) is 4.88. The number of nitrogens with one attached hydrogen (secondary N) is 1. The van der Waals surface area contributed by atoms with Gasteiger partial charge in [0.1, 0.15) is 12.7 Å². The second-order valence-electron chi connectivity index (χ2n) is 1.98. The number of hydrogen-bond donors (Lipinski definition) is 2. The molecule has 2 aliphatic rings. The number of hydrogen-bond acceptors (Lipinski definition) is 5. The quantitative estimate of drug-likeness (QED) is 0.481. The summed E-state index contributed by atoms with van der Waals surface area (Å²) in [6.07, 6.45) is 3.18. The maximum absolute atomic E-state index is 4.21. The van der Waals surface area contributed by atoms with Crippen molar-refractivity contribution in [1.29, 1.82) is 0 Å². The Hall–Kier alpha value is -0.810. The first kappa shape index (κ1) is 5.94. The Morgan fingerprint density at radius 2 is 2.60 bits per heavy atom. The predicted molar refractivity (Wildman–Crippen MR) is 42.8 cm³/mol. The zero-order valence-corrected chi connectivity index (χ0v) is 6.05. The van der Waals surface area contributed by atoms with Crippen molar-refractivity contribution in [1.82, 2.24) is 10.4 Å². The highest BCUT2D eigenvalue weighted by molar-refractivity contribution is 7.84. The van der Waals surface area contributed by atoms with E-state index in [0.29, 0.717) is 0 Å². The van der Waals surface area contributed by atoms with Crippen LogP contribution >= 0.6 is 12.6 Å². The Morgan fingerprint density at radius 1 is 1.70 bits per heavy atom. The van der Waals surface area contributed by atoms with Gasteiger partial charge in [-0.2, -0.15) is 0 Å². The summed E-state index contributed by atoms with van der Waals surface area (Å²) in [5, 5.41) is 1.75. The van der Waals surface area contributed by atoms with Crippen LogP contribution in [0.2, 0.25) is 0 Å². The highest BCUT2D eigenvalue weighted by Crippen LogP contribution is 2.18. The molecular weight excluding hydrogens is 148 g/mol. The maximum Gasteiger partial charge on any atom is 0.160 e. The SMILES string of the molecule is SC1=C2N=CN=CN2NC1. The molecule has 5 heteroatoms.